The number of hydrogen-bond donors (Lipinski definition) is 1. The SMILES string of the molecule is Cc1cccn2cc(CC(=O)NC(C)C3CC4CCC3C4)nc12. The predicted molar refractivity (Wildman–Crippen MR) is 90.2 cm³/mol. The van der Waals surface area contributed by atoms with Crippen LogP contribution in [0.3, 0.4) is 0 Å². The van der Waals surface area contributed by atoms with Crippen LogP contribution in [0.2, 0.25) is 0 Å². The lowest BCUT2D eigenvalue weighted by Crippen LogP contribution is -2.40. The molecule has 2 bridgehead atoms. The summed E-state index contributed by atoms with van der Waals surface area (Å²) in [5.41, 5.74) is 2.92. The van der Waals surface area contributed by atoms with Crippen LogP contribution in [0, 0.1) is 24.7 Å². The van der Waals surface area contributed by atoms with Gasteiger partial charge in [0.25, 0.3) is 0 Å². The number of imidazole rings is 1. The summed E-state index contributed by atoms with van der Waals surface area (Å²) in [7, 11) is 0. The second-order valence-electron chi connectivity index (χ2n) is 7.53. The molecule has 2 saturated carbocycles. The van der Waals surface area contributed by atoms with Crippen molar-refractivity contribution in [2.45, 2.75) is 52.0 Å². The van der Waals surface area contributed by atoms with Gasteiger partial charge >= 0.3 is 0 Å². The minimum absolute atomic E-state index is 0.0985. The molecule has 23 heavy (non-hydrogen) atoms. The first-order chi connectivity index (χ1) is 11.1. The molecule has 0 saturated heterocycles. The fourth-order valence-electron chi connectivity index (χ4n) is 4.77. The van der Waals surface area contributed by atoms with Crippen LogP contribution < -0.4 is 5.32 Å². The van der Waals surface area contributed by atoms with Gasteiger partial charge in [-0.25, -0.2) is 4.98 Å². The molecule has 2 aliphatic carbocycles. The van der Waals surface area contributed by atoms with Gasteiger partial charge in [0.2, 0.25) is 5.91 Å². The molecule has 4 atom stereocenters. The Morgan fingerprint density at radius 1 is 1.43 bits per heavy atom. The Bertz CT molecular complexity index is 735. The zero-order valence-electron chi connectivity index (χ0n) is 14.0. The number of rotatable bonds is 4. The summed E-state index contributed by atoms with van der Waals surface area (Å²) >= 11 is 0. The Morgan fingerprint density at radius 2 is 2.30 bits per heavy atom. The number of nitrogens with one attached hydrogen (secondary N) is 1. The molecule has 122 valence electrons. The number of fused-ring (bicyclic) bond motifs is 3. The molecule has 2 heterocycles. The number of hydrogen-bond acceptors (Lipinski definition) is 2. The Kier molecular flexibility index (Phi) is 3.63. The average Bonchev–Trinajstić information content (AvgIpc) is 3.21. The molecule has 0 aliphatic heterocycles. The third kappa shape index (κ3) is 2.75. The van der Waals surface area contributed by atoms with Crippen molar-refractivity contribution in [2.75, 3.05) is 0 Å². The van der Waals surface area contributed by atoms with Gasteiger partial charge in [-0.05, 0) is 62.5 Å². The molecular weight excluding hydrogens is 286 g/mol. The highest BCUT2D eigenvalue weighted by Gasteiger charge is 2.42. The summed E-state index contributed by atoms with van der Waals surface area (Å²) in [6.45, 7) is 4.22. The first-order valence-corrected chi connectivity index (χ1v) is 8.82. The quantitative estimate of drug-likeness (QED) is 0.943. The maximum Gasteiger partial charge on any atom is 0.226 e. The van der Waals surface area contributed by atoms with Crippen LogP contribution in [0.5, 0.6) is 0 Å². The Balaban J connectivity index is 1.40. The second-order valence-corrected chi connectivity index (χ2v) is 7.53. The van der Waals surface area contributed by atoms with E-state index in [0.717, 1.165) is 28.7 Å². The lowest BCUT2D eigenvalue weighted by atomic mass is 9.84. The molecule has 4 rings (SSSR count). The number of amides is 1. The van der Waals surface area contributed by atoms with E-state index in [1.165, 1.54) is 25.7 Å². The maximum absolute atomic E-state index is 12.4. The van der Waals surface area contributed by atoms with Crippen molar-refractivity contribution in [1.82, 2.24) is 14.7 Å². The Hall–Kier alpha value is -1.84. The highest BCUT2D eigenvalue weighted by Crippen LogP contribution is 2.49. The molecule has 4 heteroatoms. The van der Waals surface area contributed by atoms with Crippen LogP contribution >= 0.6 is 0 Å². The lowest BCUT2D eigenvalue weighted by Gasteiger charge is -2.28. The normalized spacial score (nSPS) is 27.5. The fourth-order valence-corrected chi connectivity index (χ4v) is 4.77. The molecule has 2 fully saturated rings. The fraction of sp³-hybridized carbons (Fsp3) is 0.579. The number of nitrogens with zero attached hydrogens (tertiary/aromatic N) is 2. The van der Waals surface area contributed by atoms with Crippen molar-refractivity contribution in [2.24, 2.45) is 17.8 Å². The van der Waals surface area contributed by atoms with Crippen molar-refractivity contribution in [3.05, 3.63) is 35.8 Å². The van der Waals surface area contributed by atoms with Gasteiger partial charge in [0.15, 0.2) is 0 Å². The third-order valence-electron chi connectivity index (χ3n) is 5.89. The van der Waals surface area contributed by atoms with E-state index in [0.29, 0.717) is 12.3 Å². The summed E-state index contributed by atoms with van der Waals surface area (Å²) in [6.07, 6.45) is 9.77. The van der Waals surface area contributed by atoms with E-state index in [1.807, 2.05) is 35.9 Å². The second kappa shape index (κ2) is 5.66. The topological polar surface area (TPSA) is 46.4 Å². The van der Waals surface area contributed by atoms with E-state index < -0.39 is 0 Å². The molecule has 2 aromatic heterocycles. The van der Waals surface area contributed by atoms with Crippen molar-refractivity contribution in [3.8, 4) is 0 Å². The molecule has 0 aromatic carbocycles. The van der Waals surface area contributed by atoms with E-state index >= 15 is 0 Å². The first kappa shape index (κ1) is 14.7. The highest BCUT2D eigenvalue weighted by atomic mass is 16.1. The molecule has 2 aromatic rings. The van der Waals surface area contributed by atoms with Gasteiger partial charge in [0.05, 0.1) is 12.1 Å². The standard InChI is InChI=1S/C19H25N3O/c1-12-4-3-7-22-11-16(21-19(12)22)10-18(23)20-13(2)17-9-14-5-6-15(17)8-14/h3-4,7,11,13-15,17H,5-6,8-10H2,1-2H3,(H,20,23). The monoisotopic (exact) mass is 311 g/mol. The van der Waals surface area contributed by atoms with Crippen LogP contribution in [-0.4, -0.2) is 21.3 Å². The smallest absolute Gasteiger partial charge is 0.226 e. The molecule has 4 nitrogen and oxygen atoms in total. The molecule has 0 radical (unpaired) electrons. The van der Waals surface area contributed by atoms with Crippen LogP contribution in [-0.2, 0) is 11.2 Å². The lowest BCUT2D eigenvalue weighted by molar-refractivity contribution is -0.121. The minimum atomic E-state index is 0.0985. The van der Waals surface area contributed by atoms with Crippen LogP contribution in [0.15, 0.2) is 24.5 Å². The summed E-state index contributed by atoms with van der Waals surface area (Å²) in [6, 6.07) is 4.34. The van der Waals surface area contributed by atoms with E-state index in [9.17, 15) is 4.79 Å². The van der Waals surface area contributed by atoms with Crippen LogP contribution in [0.1, 0.15) is 43.9 Å². The van der Waals surface area contributed by atoms with Crippen molar-refractivity contribution in [3.63, 3.8) is 0 Å². The number of carbonyl (C=O) groups is 1. The van der Waals surface area contributed by atoms with E-state index in [-0.39, 0.29) is 11.9 Å². The van der Waals surface area contributed by atoms with Gasteiger partial charge in [-0.1, -0.05) is 12.5 Å². The van der Waals surface area contributed by atoms with Crippen LogP contribution in [0.4, 0.5) is 0 Å². The Labute approximate surface area is 137 Å². The molecule has 1 amide bonds. The Morgan fingerprint density at radius 3 is 3.00 bits per heavy atom. The third-order valence-corrected chi connectivity index (χ3v) is 5.89. The van der Waals surface area contributed by atoms with Crippen molar-refractivity contribution in [1.29, 1.82) is 0 Å². The molecule has 0 spiro atoms. The minimum Gasteiger partial charge on any atom is -0.353 e. The average molecular weight is 311 g/mol. The number of aromatic nitrogens is 2. The molecule has 1 N–H and O–H groups in total. The molecule has 4 unspecified atom stereocenters. The summed E-state index contributed by atoms with van der Waals surface area (Å²) in [5, 5.41) is 3.23. The van der Waals surface area contributed by atoms with Gasteiger partial charge in [-0.15, -0.1) is 0 Å². The van der Waals surface area contributed by atoms with Gasteiger partial charge in [-0.2, -0.15) is 0 Å². The van der Waals surface area contributed by atoms with E-state index in [2.05, 4.69) is 17.2 Å². The number of aryl methyl sites for hydroxylation is 1. The van der Waals surface area contributed by atoms with Gasteiger partial charge in [0.1, 0.15) is 5.65 Å². The zero-order valence-corrected chi connectivity index (χ0v) is 14.0. The highest BCUT2D eigenvalue weighted by molar-refractivity contribution is 5.78. The van der Waals surface area contributed by atoms with E-state index in [1.54, 1.807) is 0 Å². The number of pyridine rings is 1. The summed E-state index contributed by atoms with van der Waals surface area (Å²) in [5.74, 6) is 2.54. The van der Waals surface area contributed by atoms with Crippen LogP contribution in [0.25, 0.3) is 5.65 Å². The first-order valence-electron chi connectivity index (χ1n) is 8.82. The number of carbonyl (C=O) groups excluding carboxylic acids is 1. The largest absolute Gasteiger partial charge is 0.353 e. The van der Waals surface area contributed by atoms with Gasteiger partial charge in [-0.3, -0.25) is 4.79 Å². The maximum atomic E-state index is 12.4. The van der Waals surface area contributed by atoms with Gasteiger partial charge < -0.3 is 9.72 Å². The predicted octanol–water partition coefficient (Wildman–Crippen LogP) is 3.13. The van der Waals surface area contributed by atoms with Gasteiger partial charge in [0, 0.05) is 18.4 Å². The molecule has 2 aliphatic rings. The zero-order chi connectivity index (χ0) is 16.0. The summed E-state index contributed by atoms with van der Waals surface area (Å²) in [4.78, 5) is 17.0. The van der Waals surface area contributed by atoms with Crippen molar-refractivity contribution < 1.29 is 4.79 Å². The summed E-state index contributed by atoms with van der Waals surface area (Å²) < 4.78 is 2.00. The van der Waals surface area contributed by atoms with E-state index in [4.69, 9.17) is 0 Å². The van der Waals surface area contributed by atoms with Crippen molar-refractivity contribution >= 4 is 11.6 Å². The molecular formula is C19H25N3O.